The highest BCUT2D eigenvalue weighted by molar-refractivity contribution is 9.10. The zero-order valence-corrected chi connectivity index (χ0v) is 16.0. The number of hydrogen-bond donors (Lipinski definition) is 1. The van der Waals surface area contributed by atoms with E-state index in [1.165, 1.54) is 0 Å². The van der Waals surface area contributed by atoms with Crippen LogP contribution >= 0.6 is 15.9 Å². The van der Waals surface area contributed by atoms with Crippen LogP contribution in [0.3, 0.4) is 0 Å². The number of methoxy groups -OCH3 is 1. The number of carbonyl (C=O) groups is 1. The lowest BCUT2D eigenvalue weighted by atomic mass is 10.3. The van der Waals surface area contributed by atoms with Gasteiger partial charge in [0.05, 0.1) is 26.0 Å². The number of aromatic nitrogens is 2. The van der Waals surface area contributed by atoms with Gasteiger partial charge in [0, 0.05) is 23.3 Å². The molecule has 0 aliphatic rings. The minimum Gasteiger partial charge on any atom is -0.497 e. The molecule has 2 heterocycles. The Labute approximate surface area is 160 Å². The van der Waals surface area contributed by atoms with Crippen molar-refractivity contribution in [3.05, 3.63) is 59.0 Å². The van der Waals surface area contributed by atoms with Crippen molar-refractivity contribution in [3.8, 4) is 11.5 Å². The lowest BCUT2D eigenvalue weighted by molar-refractivity contribution is -0.121. The van der Waals surface area contributed by atoms with Crippen LogP contribution in [0.5, 0.6) is 11.5 Å². The van der Waals surface area contributed by atoms with Crippen LogP contribution in [0.25, 0.3) is 5.65 Å². The van der Waals surface area contributed by atoms with Crippen LogP contribution in [0, 0.1) is 0 Å². The zero-order chi connectivity index (χ0) is 18.4. The molecule has 3 aromatic rings. The first-order valence-electron chi connectivity index (χ1n) is 8.31. The fourth-order valence-corrected chi connectivity index (χ4v) is 2.83. The average molecular weight is 418 g/mol. The number of ether oxygens (including phenoxy) is 2. The van der Waals surface area contributed by atoms with Gasteiger partial charge in [0.15, 0.2) is 0 Å². The maximum absolute atomic E-state index is 12.0. The van der Waals surface area contributed by atoms with E-state index in [2.05, 4.69) is 26.2 Å². The number of pyridine rings is 1. The molecule has 0 atom stereocenters. The molecule has 3 rings (SSSR count). The first-order chi connectivity index (χ1) is 12.6. The summed E-state index contributed by atoms with van der Waals surface area (Å²) in [6.07, 6.45) is 4.91. The topological polar surface area (TPSA) is 64.9 Å². The molecule has 6 nitrogen and oxygen atoms in total. The molecule has 26 heavy (non-hydrogen) atoms. The molecule has 1 aromatic carbocycles. The number of benzene rings is 1. The van der Waals surface area contributed by atoms with Gasteiger partial charge in [-0.3, -0.25) is 4.79 Å². The molecular formula is C19H20BrN3O3. The zero-order valence-electron chi connectivity index (χ0n) is 14.4. The van der Waals surface area contributed by atoms with E-state index < -0.39 is 0 Å². The minimum absolute atomic E-state index is 0.0124. The monoisotopic (exact) mass is 417 g/mol. The number of fused-ring (bicyclic) bond motifs is 1. The van der Waals surface area contributed by atoms with Gasteiger partial charge in [-0.15, -0.1) is 0 Å². The van der Waals surface area contributed by atoms with E-state index in [0.29, 0.717) is 26.0 Å². The van der Waals surface area contributed by atoms with E-state index in [-0.39, 0.29) is 5.91 Å². The smallest absolute Gasteiger partial charge is 0.220 e. The maximum atomic E-state index is 12.0. The van der Waals surface area contributed by atoms with Gasteiger partial charge < -0.3 is 19.2 Å². The van der Waals surface area contributed by atoms with Gasteiger partial charge >= 0.3 is 0 Å². The Balaban J connectivity index is 1.38. The number of nitrogens with one attached hydrogen (secondary N) is 1. The summed E-state index contributed by atoms with van der Waals surface area (Å²) in [6, 6.07) is 11.2. The van der Waals surface area contributed by atoms with Crippen molar-refractivity contribution in [2.24, 2.45) is 0 Å². The SMILES string of the molecule is COc1ccc(OCCCC(=O)NCc2cn3cc(Br)ccc3n2)cc1. The summed E-state index contributed by atoms with van der Waals surface area (Å²) < 4.78 is 13.6. The second-order valence-electron chi connectivity index (χ2n) is 5.75. The lowest BCUT2D eigenvalue weighted by Gasteiger charge is -2.07. The second-order valence-corrected chi connectivity index (χ2v) is 6.66. The highest BCUT2D eigenvalue weighted by Gasteiger charge is 2.05. The second kappa shape index (κ2) is 8.71. The van der Waals surface area contributed by atoms with E-state index in [0.717, 1.165) is 27.3 Å². The van der Waals surface area contributed by atoms with Gasteiger partial charge in [-0.25, -0.2) is 4.98 Å². The molecule has 0 unspecified atom stereocenters. The molecule has 0 saturated carbocycles. The third-order valence-corrected chi connectivity index (χ3v) is 4.28. The van der Waals surface area contributed by atoms with Crippen LogP contribution in [0.4, 0.5) is 0 Å². The Morgan fingerprint density at radius 3 is 2.69 bits per heavy atom. The van der Waals surface area contributed by atoms with E-state index in [9.17, 15) is 4.79 Å². The Morgan fingerprint density at radius 2 is 1.92 bits per heavy atom. The van der Waals surface area contributed by atoms with Crippen LogP contribution in [0.1, 0.15) is 18.5 Å². The fourth-order valence-electron chi connectivity index (χ4n) is 2.47. The number of nitrogens with zero attached hydrogens (tertiary/aromatic N) is 2. The largest absolute Gasteiger partial charge is 0.497 e. The molecular weight excluding hydrogens is 398 g/mol. The Kier molecular flexibility index (Phi) is 6.12. The van der Waals surface area contributed by atoms with Gasteiger partial charge in [0.1, 0.15) is 17.1 Å². The number of halogens is 1. The number of amides is 1. The molecule has 1 amide bonds. The van der Waals surface area contributed by atoms with E-state index >= 15 is 0 Å². The van der Waals surface area contributed by atoms with Crippen molar-refractivity contribution in [3.63, 3.8) is 0 Å². The predicted molar refractivity (Wildman–Crippen MR) is 102 cm³/mol. The van der Waals surface area contributed by atoms with Crippen LogP contribution in [-0.4, -0.2) is 29.0 Å². The molecule has 0 bridgehead atoms. The Bertz CT molecular complexity index is 877. The summed E-state index contributed by atoms with van der Waals surface area (Å²) in [5, 5.41) is 2.89. The van der Waals surface area contributed by atoms with Crippen LogP contribution in [0.2, 0.25) is 0 Å². The molecule has 0 aliphatic heterocycles. The number of imidazole rings is 1. The standard InChI is InChI=1S/C19H20BrN3O3/c1-25-16-5-7-17(8-6-16)26-10-2-3-19(24)21-11-15-13-23-12-14(20)4-9-18(23)22-15/h4-9,12-13H,2-3,10-11H2,1H3,(H,21,24). The third-order valence-electron chi connectivity index (χ3n) is 3.81. The van der Waals surface area contributed by atoms with E-state index in [1.807, 2.05) is 53.2 Å². The van der Waals surface area contributed by atoms with Crippen molar-refractivity contribution in [2.45, 2.75) is 19.4 Å². The normalized spacial score (nSPS) is 10.7. The van der Waals surface area contributed by atoms with Gasteiger partial charge in [-0.1, -0.05) is 0 Å². The van der Waals surface area contributed by atoms with Crippen molar-refractivity contribution in [1.29, 1.82) is 0 Å². The van der Waals surface area contributed by atoms with Crippen molar-refractivity contribution in [2.75, 3.05) is 13.7 Å². The summed E-state index contributed by atoms with van der Waals surface area (Å²) in [6.45, 7) is 0.902. The van der Waals surface area contributed by atoms with Crippen LogP contribution in [-0.2, 0) is 11.3 Å². The maximum Gasteiger partial charge on any atom is 0.220 e. The van der Waals surface area contributed by atoms with Gasteiger partial charge in [0.25, 0.3) is 0 Å². The molecule has 136 valence electrons. The van der Waals surface area contributed by atoms with E-state index in [4.69, 9.17) is 9.47 Å². The van der Waals surface area contributed by atoms with Crippen molar-refractivity contribution in [1.82, 2.24) is 14.7 Å². The Hall–Kier alpha value is -2.54. The highest BCUT2D eigenvalue weighted by Crippen LogP contribution is 2.17. The molecule has 0 saturated heterocycles. The fraction of sp³-hybridized carbons (Fsp3) is 0.263. The molecule has 0 fully saturated rings. The lowest BCUT2D eigenvalue weighted by Crippen LogP contribution is -2.23. The van der Waals surface area contributed by atoms with E-state index in [1.54, 1.807) is 7.11 Å². The quantitative estimate of drug-likeness (QED) is 0.568. The molecule has 0 spiro atoms. The summed E-state index contributed by atoms with van der Waals surface area (Å²) in [7, 11) is 1.62. The average Bonchev–Trinajstić information content (AvgIpc) is 3.06. The molecule has 2 aromatic heterocycles. The molecule has 7 heteroatoms. The van der Waals surface area contributed by atoms with Crippen LogP contribution in [0.15, 0.2) is 53.3 Å². The third kappa shape index (κ3) is 4.98. The highest BCUT2D eigenvalue weighted by atomic mass is 79.9. The van der Waals surface area contributed by atoms with Crippen molar-refractivity contribution < 1.29 is 14.3 Å². The van der Waals surface area contributed by atoms with Gasteiger partial charge in [0.2, 0.25) is 5.91 Å². The van der Waals surface area contributed by atoms with Gasteiger partial charge in [-0.2, -0.15) is 0 Å². The molecule has 0 aliphatic carbocycles. The molecule has 0 radical (unpaired) electrons. The predicted octanol–water partition coefficient (Wildman–Crippen LogP) is 3.58. The number of carbonyl (C=O) groups excluding carboxylic acids is 1. The Morgan fingerprint density at radius 1 is 1.15 bits per heavy atom. The summed E-state index contributed by atoms with van der Waals surface area (Å²) in [5.74, 6) is 1.54. The number of rotatable bonds is 8. The minimum atomic E-state index is -0.0124. The first-order valence-corrected chi connectivity index (χ1v) is 9.10. The number of hydrogen-bond acceptors (Lipinski definition) is 4. The summed E-state index contributed by atoms with van der Waals surface area (Å²) >= 11 is 3.43. The summed E-state index contributed by atoms with van der Waals surface area (Å²) in [5.41, 5.74) is 1.68. The van der Waals surface area contributed by atoms with Gasteiger partial charge in [-0.05, 0) is 58.7 Å². The first kappa shape index (κ1) is 18.3. The van der Waals surface area contributed by atoms with Crippen LogP contribution < -0.4 is 14.8 Å². The summed E-state index contributed by atoms with van der Waals surface area (Å²) in [4.78, 5) is 16.4. The molecule has 1 N–H and O–H groups in total. The van der Waals surface area contributed by atoms with Crippen molar-refractivity contribution >= 4 is 27.5 Å².